The third-order valence-electron chi connectivity index (χ3n) is 4.20. The molecular formula is C21H14ClN3O2. The van der Waals surface area contributed by atoms with Crippen LogP contribution in [0, 0.1) is 0 Å². The Morgan fingerprint density at radius 3 is 2.67 bits per heavy atom. The Kier molecular flexibility index (Phi) is 4.44. The van der Waals surface area contributed by atoms with Gasteiger partial charge in [0.25, 0.3) is 5.56 Å². The summed E-state index contributed by atoms with van der Waals surface area (Å²) in [5, 5.41) is 1.24. The van der Waals surface area contributed by atoms with Crippen LogP contribution in [0.4, 0.5) is 0 Å². The summed E-state index contributed by atoms with van der Waals surface area (Å²) in [6.07, 6.45) is 6.12. The van der Waals surface area contributed by atoms with Crippen LogP contribution in [0.25, 0.3) is 28.1 Å². The molecule has 0 aliphatic heterocycles. The molecular weight excluding hydrogens is 362 g/mol. The first kappa shape index (κ1) is 17.0. The molecule has 0 fully saturated rings. The van der Waals surface area contributed by atoms with Crippen LogP contribution < -0.4 is 5.56 Å². The Morgan fingerprint density at radius 2 is 1.93 bits per heavy atom. The summed E-state index contributed by atoms with van der Waals surface area (Å²) in [4.78, 5) is 35.4. The molecule has 2 aromatic carbocycles. The van der Waals surface area contributed by atoms with Crippen LogP contribution in [0.3, 0.4) is 0 Å². The fourth-order valence-electron chi connectivity index (χ4n) is 3.01. The molecule has 2 aromatic heterocycles. The van der Waals surface area contributed by atoms with Crippen molar-refractivity contribution in [3.05, 3.63) is 93.8 Å². The number of allylic oxidation sites excluding steroid dienone is 1. The van der Waals surface area contributed by atoms with Crippen molar-refractivity contribution in [2.75, 3.05) is 0 Å². The van der Waals surface area contributed by atoms with Crippen LogP contribution in [0.1, 0.15) is 16.2 Å². The first-order chi connectivity index (χ1) is 13.1. The molecule has 2 N–H and O–H groups in total. The van der Waals surface area contributed by atoms with Gasteiger partial charge in [-0.1, -0.05) is 41.9 Å². The molecule has 0 atom stereocenters. The Labute approximate surface area is 159 Å². The minimum Gasteiger partial charge on any atom is -0.345 e. The smallest absolute Gasteiger partial charge is 0.260 e. The number of rotatable bonds is 4. The minimum atomic E-state index is -0.447. The fraction of sp³-hybridized carbons (Fsp3) is 0. The monoisotopic (exact) mass is 375 g/mol. The van der Waals surface area contributed by atoms with E-state index >= 15 is 0 Å². The van der Waals surface area contributed by atoms with Crippen LogP contribution in [0.5, 0.6) is 0 Å². The van der Waals surface area contributed by atoms with Gasteiger partial charge in [0.15, 0.2) is 5.78 Å². The largest absolute Gasteiger partial charge is 0.345 e. The highest BCUT2D eigenvalue weighted by molar-refractivity contribution is 6.31. The number of carbonyl (C=O) groups excluding carboxylic acids is 1. The van der Waals surface area contributed by atoms with Crippen molar-refractivity contribution in [1.82, 2.24) is 15.0 Å². The summed E-state index contributed by atoms with van der Waals surface area (Å²) < 4.78 is 0. The number of halogens is 1. The van der Waals surface area contributed by atoms with Gasteiger partial charge in [0.2, 0.25) is 0 Å². The summed E-state index contributed by atoms with van der Waals surface area (Å²) in [7, 11) is 0. The van der Waals surface area contributed by atoms with E-state index in [-0.39, 0.29) is 5.56 Å². The Morgan fingerprint density at radius 1 is 1.11 bits per heavy atom. The van der Waals surface area contributed by atoms with Crippen LogP contribution in [-0.2, 0) is 0 Å². The van der Waals surface area contributed by atoms with Gasteiger partial charge in [0, 0.05) is 33.9 Å². The highest BCUT2D eigenvalue weighted by atomic mass is 35.5. The fourth-order valence-corrected chi connectivity index (χ4v) is 3.18. The normalized spacial score (nSPS) is 11.3. The third-order valence-corrected chi connectivity index (χ3v) is 4.43. The van der Waals surface area contributed by atoms with E-state index < -0.39 is 11.3 Å². The van der Waals surface area contributed by atoms with Gasteiger partial charge >= 0.3 is 0 Å². The molecule has 0 bridgehead atoms. The second-order valence-electron chi connectivity index (χ2n) is 5.93. The lowest BCUT2D eigenvalue weighted by molar-refractivity contribution is 0.104. The molecule has 132 valence electrons. The molecule has 2 heterocycles. The summed E-state index contributed by atoms with van der Waals surface area (Å²) in [5.74, 6) is 0.123. The van der Waals surface area contributed by atoms with Crippen LogP contribution in [0.2, 0.25) is 5.02 Å². The molecule has 0 saturated carbocycles. The number of H-pyrrole nitrogens is 2. The maximum absolute atomic E-state index is 12.9. The SMILES string of the molecule is O=C(/C=C/c1ncc[nH]1)c1c(-c2ccccc2)c2cc(Cl)ccc2[nH]c1=O. The second kappa shape index (κ2) is 7.05. The Bertz CT molecular complexity index is 1210. The number of imidazole rings is 1. The van der Waals surface area contributed by atoms with Gasteiger partial charge in [0.05, 0.1) is 5.56 Å². The molecule has 4 rings (SSSR count). The lowest BCUT2D eigenvalue weighted by Crippen LogP contribution is -2.18. The molecule has 0 unspecified atom stereocenters. The highest BCUT2D eigenvalue weighted by Crippen LogP contribution is 2.31. The zero-order valence-electron chi connectivity index (χ0n) is 14.1. The molecule has 0 aliphatic rings. The minimum absolute atomic E-state index is 0.0683. The van der Waals surface area contributed by atoms with Crippen LogP contribution >= 0.6 is 11.6 Å². The molecule has 0 aliphatic carbocycles. The number of carbonyl (C=O) groups is 1. The van der Waals surface area contributed by atoms with Gasteiger partial charge < -0.3 is 9.97 Å². The topological polar surface area (TPSA) is 78.6 Å². The van der Waals surface area contributed by atoms with Gasteiger partial charge in [-0.2, -0.15) is 0 Å². The van der Waals surface area contributed by atoms with E-state index in [2.05, 4.69) is 15.0 Å². The molecule has 0 radical (unpaired) electrons. The van der Waals surface area contributed by atoms with Crippen molar-refractivity contribution in [3.63, 3.8) is 0 Å². The van der Waals surface area contributed by atoms with E-state index in [1.54, 1.807) is 36.7 Å². The quantitative estimate of drug-likeness (QED) is 0.408. The van der Waals surface area contributed by atoms with Crippen molar-refractivity contribution in [2.24, 2.45) is 0 Å². The average molecular weight is 376 g/mol. The van der Waals surface area contributed by atoms with E-state index in [1.807, 2.05) is 30.3 Å². The van der Waals surface area contributed by atoms with E-state index in [9.17, 15) is 9.59 Å². The molecule has 0 spiro atoms. The zero-order valence-corrected chi connectivity index (χ0v) is 14.8. The van der Waals surface area contributed by atoms with Crippen molar-refractivity contribution < 1.29 is 4.79 Å². The Hall–Kier alpha value is -3.44. The molecule has 0 amide bonds. The van der Waals surface area contributed by atoms with Crippen LogP contribution in [0.15, 0.2) is 71.8 Å². The molecule has 6 heteroatoms. The van der Waals surface area contributed by atoms with Crippen LogP contribution in [-0.4, -0.2) is 20.7 Å². The Balaban J connectivity index is 1.98. The second-order valence-corrected chi connectivity index (χ2v) is 6.37. The predicted octanol–water partition coefficient (Wildman–Crippen LogP) is 4.47. The van der Waals surface area contributed by atoms with Gasteiger partial charge in [0.1, 0.15) is 5.82 Å². The highest BCUT2D eigenvalue weighted by Gasteiger charge is 2.19. The maximum Gasteiger partial charge on any atom is 0.260 e. The van der Waals surface area contributed by atoms with Gasteiger partial charge in [-0.15, -0.1) is 0 Å². The number of aromatic nitrogens is 3. The lowest BCUT2D eigenvalue weighted by Gasteiger charge is -2.11. The standard InChI is InChI=1S/C21H14ClN3O2/c22-14-6-7-16-15(12-14)19(13-4-2-1-3-5-13)20(21(27)25-16)17(26)8-9-18-23-10-11-24-18/h1-12H,(H,23,24)(H,25,27)/b9-8+. The number of fused-ring (bicyclic) bond motifs is 1. The van der Waals surface area contributed by atoms with Gasteiger partial charge in [-0.25, -0.2) is 4.98 Å². The molecule has 4 aromatic rings. The van der Waals surface area contributed by atoms with Crippen molar-refractivity contribution in [1.29, 1.82) is 0 Å². The van der Waals surface area contributed by atoms with E-state index in [1.165, 1.54) is 6.08 Å². The number of nitrogens with zero attached hydrogens (tertiary/aromatic N) is 1. The van der Waals surface area contributed by atoms with Crippen molar-refractivity contribution in [2.45, 2.75) is 0 Å². The summed E-state index contributed by atoms with van der Waals surface area (Å²) in [5.41, 5.74) is 1.57. The summed E-state index contributed by atoms with van der Waals surface area (Å²) in [6, 6.07) is 14.5. The van der Waals surface area contributed by atoms with Crippen molar-refractivity contribution in [3.8, 4) is 11.1 Å². The number of nitrogens with one attached hydrogen (secondary N) is 2. The average Bonchev–Trinajstić information content (AvgIpc) is 3.20. The zero-order chi connectivity index (χ0) is 18.8. The van der Waals surface area contributed by atoms with Gasteiger partial charge in [-0.3, -0.25) is 9.59 Å². The first-order valence-corrected chi connectivity index (χ1v) is 8.64. The first-order valence-electron chi connectivity index (χ1n) is 8.26. The molecule has 27 heavy (non-hydrogen) atoms. The summed E-state index contributed by atoms with van der Waals surface area (Å²) >= 11 is 6.18. The van der Waals surface area contributed by atoms with E-state index in [0.717, 1.165) is 5.56 Å². The number of ketones is 1. The predicted molar refractivity (Wildman–Crippen MR) is 107 cm³/mol. The third kappa shape index (κ3) is 3.32. The van der Waals surface area contributed by atoms with E-state index in [0.29, 0.717) is 27.3 Å². The number of hydrogen-bond donors (Lipinski definition) is 2. The number of aromatic amines is 2. The molecule has 0 saturated heterocycles. The van der Waals surface area contributed by atoms with E-state index in [4.69, 9.17) is 11.6 Å². The number of hydrogen-bond acceptors (Lipinski definition) is 3. The lowest BCUT2D eigenvalue weighted by atomic mass is 9.94. The molecule has 5 nitrogen and oxygen atoms in total. The van der Waals surface area contributed by atoms with Gasteiger partial charge in [-0.05, 0) is 35.9 Å². The number of benzene rings is 2. The van der Waals surface area contributed by atoms with Crippen molar-refractivity contribution >= 4 is 34.4 Å². The maximum atomic E-state index is 12.9. The summed E-state index contributed by atoms with van der Waals surface area (Å²) in [6.45, 7) is 0. The number of pyridine rings is 1.